The molecule has 1 aromatic rings. The molecule has 2 saturated heterocycles. The highest BCUT2D eigenvalue weighted by atomic mass is 32.3. The van der Waals surface area contributed by atoms with Crippen LogP contribution in [-0.2, 0) is 30.7 Å². The van der Waals surface area contributed by atoms with Crippen molar-refractivity contribution in [2.45, 2.75) is 96.9 Å². The van der Waals surface area contributed by atoms with Crippen molar-refractivity contribution in [2.75, 3.05) is 13.6 Å². The van der Waals surface area contributed by atoms with Gasteiger partial charge in [-0.3, -0.25) is 20.1 Å². The number of ether oxygens (including phenoxy) is 2. The molecular weight excluding hydrogens is 564 g/mol. The van der Waals surface area contributed by atoms with Crippen LogP contribution >= 0.6 is 0 Å². The maximum atomic E-state index is 13.0. The molecule has 17 heteroatoms. The van der Waals surface area contributed by atoms with Crippen LogP contribution in [0.3, 0.4) is 0 Å². The molecule has 0 unspecified atom stereocenters. The smallest absolute Gasteiger partial charge is 0.418 e. The lowest BCUT2D eigenvalue weighted by molar-refractivity contribution is -0.0527. The van der Waals surface area contributed by atoms with Gasteiger partial charge >= 0.3 is 28.6 Å². The number of nitrogens with one attached hydrogen (secondary N) is 2. The molecule has 3 N–H and O–H groups in total. The van der Waals surface area contributed by atoms with Gasteiger partial charge in [0.15, 0.2) is 12.0 Å². The van der Waals surface area contributed by atoms with Gasteiger partial charge in [-0.05, 0) is 73.3 Å². The molecule has 3 fully saturated rings. The Labute approximate surface area is 238 Å². The maximum Gasteiger partial charge on any atom is 0.418 e. The zero-order chi connectivity index (χ0) is 30.5. The summed E-state index contributed by atoms with van der Waals surface area (Å²) in [4.78, 5) is 41.0. The second-order valence-electron chi connectivity index (χ2n) is 12.7. The fraction of sp³-hybridized carbons (Fsp3) is 0.750. The number of hydrogen-bond acceptors (Lipinski definition) is 11. The highest BCUT2D eigenvalue weighted by Crippen LogP contribution is 2.61. The minimum Gasteiger partial charge on any atom is -0.444 e. The summed E-state index contributed by atoms with van der Waals surface area (Å²) in [5.74, 6) is 0.370. The molecule has 1 saturated carbocycles. The Morgan fingerprint density at radius 3 is 2.22 bits per heavy atom. The van der Waals surface area contributed by atoms with E-state index in [2.05, 4.69) is 20.1 Å². The lowest BCUT2D eigenvalue weighted by Gasteiger charge is -2.35. The van der Waals surface area contributed by atoms with Gasteiger partial charge in [0, 0.05) is 12.6 Å². The standard InChI is InChI=1S/C24H38N6O10S/c1-22(2,3)37-19(31)25-18(26-20(32)38-23(4,5)6)28(7)12-14-10-15(27-39-14)16-11-24(8-9-24)17-13-29(16)21(33)30(17)40-41(34,35)36/h10,16-18H,8-9,11-13H2,1-7H3,(H,25,31)(H,26,32)(H,34,35,36)/t16-,17-/m0/s1. The number of fused-ring (bicyclic) bond motifs is 3. The first-order valence-electron chi connectivity index (χ1n) is 13.2. The number of carbonyl (C=O) groups is 3. The summed E-state index contributed by atoms with van der Waals surface area (Å²) >= 11 is 0. The fourth-order valence-corrected chi connectivity index (χ4v) is 5.44. The molecule has 1 spiro atoms. The summed E-state index contributed by atoms with van der Waals surface area (Å²) in [5.41, 5.74) is -1.44. The zero-order valence-electron chi connectivity index (χ0n) is 24.2. The van der Waals surface area contributed by atoms with Gasteiger partial charge in [-0.2, -0.15) is 13.5 Å². The molecule has 1 aromatic heterocycles. The van der Waals surface area contributed by atoms with Crippen molar-refractivity contribution in [3.05, 3.63) is 17.5 Å². The van der Waals surface area contributed by atoms with Crippen LogP contribution in [0.5, 0.6) is 0 Å². The topological polar surface area (TPSA) is 193 Å². The monoisotopic (exact) mass is 602 g/mol. The summed E-state index contributed by atoms with van der Waals surface area (Å²) < 4.78 is 52.7. The minimum absolute atomic E-state index is 0.0791. The van der Waals surface area contributed by atoms with E-state index in [-0.39, 0.29) is 18.5 Å². The van der Waals surface area contributed by atoms with E-state index in [4.69, 9.17) is 14.0 Å². The van der Waals surface area contributed by atoms with Crippen LogP contribution in [0.25, 0.3) is 0 Å². The number of piperidine rings is 1. The van der Waals surface area contributed by atoms with Crippen LogP contribution in [-0.4, -0.2) is 88.3 Å². The van der Waals surface area contributed by atoms with Crippen LogP contribution in [0.1, 0.15) is 78.3 Å². The van der Waals surface area contributed by atoms with Crippen LogP contribution in [0.4, 0.5) is 14.4 Å². The predicted octanol–water partition coefficient (Wildman–Crippen LogP) is 2.50. The van der Waals surface area contributed by atoms with E-state index in [9.17, 15) is 27.4 Å². The van der Waals surface area contributed by atoms with Crippen molar-refractivity contribution in [2.24, 2.45) is 5.41 Å². The second kappa shape index (κ2) is 10.6. The Morgan fingerprint density at radius 2 is 1.73 bits per heavy atom. The third-order valence-electron chi connectivity index (χ3n) is 6.91. The minimum atomic E-state index is -4.88. The number of hydroxylamine groups is 2. The second-order valence-corrected chi connectivity index (χ2v) is 13.7. The van der Waals surface area contributed by atoms with Crippen molar-refractivity contribution in [3.8, 4) is 0 Å². The van der Waals surface area contributed by atoms with Crippen molar-refractivity contribution in [1.29, 1.82) is 0 Å². The van der Waals surface area contributed by atoms with Gasteiger partial charge < -0.3 is 18.9 Å². The van der Waals surface area contributed by atoms with Crippen molar-refractivity contribution in [3.63, 3.8) is 0 Å². The Hall–Kier alpha value is -3.15. The molecule has 230 valence electrons. The Kier molecular flexibility index (Phi) is 7.96. The number of aromatic nitrogens is 1. The van der Waals surface area contributed by atoms with Crippen LogP contribution in [0.2, 0.25) is 0 Å². The first kappa shape index (κ1) is 30.8. The van der Waals surface area contributed by atoms with Crippen LogP contribution in [0.15, 0.2) is 10.6 Å². The van der Waals surface area contributed by atoms with Crippen LogP contribution < -0.4 is 10.6 Å². The van der Waals surface area contributed by atoms with E-state index in [1.54, 1.807) is 59.6 Å². The Bertz CT molecular complexity index is 1250. The van der Waals surface area contributed by atoms with Crippen molar-refractivity contribution < 1.29 is 45.6 Å². The summed E-state index contributed by atoms with van der Waals surface area (Å²) in [5, 5.41) is 10.1. The van der Waals surface area contributed by atoms with Gasteiger partial charge in [-0.1, -0.05) is 5.16 Å². The van der Waals surface area contributed by atoms with Gasteiger partial charge in [-0.25, -0.2) is 14.4 Å². The average Bonchev–Trinajstić information content (AvgIpc) is 3.29. The van der Waals surface area contributed by atoms with Gasteiger partial charge in [0.25, 0.3) is 0 Å². The number of hydrogen-bond donors (Lipinski definition) is 3. The van der Waals surface area contributed by atoms with Crippen molar-refractivity contribution >= 4 is 28.6 Å². The van der Waals surface area contributed by atoms with Crippen molar-refractivity contribution in [1.82, 2.24) is 30.7 Å². The highest BCUT2D eigenvalue weighted by Gasteiger charge is 2.64. The summed E-state index contributed by atoms with van der Waals surface area (Å²) in [6.07, 6.45) is -0.534. The first-order chi connectivity index (χ1) is 18.8. The normalized spacial score (nSPS) is 22.0. The molecule has 0 radical (unpaired) electrons. The van der Waals surface area contributed by atoms with E-state index >= 15 is 0 Å². The lowest BCUT2D eigenvalue weighted by Crippen LogP contribution is -2.58. The number of carbonyl (C=O) groups excluding carboxylic acids is 3. The van der Waals surface area contributed by atoms with Gasteiger partial charge in [-0.15, -0.1) is 4.28 Å². The first-order valence-corrected chi connectivity index (χ1v) is 14.5. The number of rotatable bonds is 8. The zero-order valence-corrected chi connectivity index (χ0v) is 25.0. The molecule has 2 atom stereocenters. The predicted molar refractivity (Wildman–Crippen MR) is 140 cm³/mol. The summed E-state index contributed by atoms with van der Waals surface area (Å²) in [6.45, 7) is 10.5. The molecule has 1 aliphatic carbocycles. The van der Waals surface area contributed by atoms with Crippen LogP contribution in [0, 0.1) is 5.41 Å². The molecule has 2 aliphatic heterocycles. The lowest BCUT2D eigenvalue weighted by atomic mass is 9.84. The molecule has 4 amide bonds. The largest absolute Gasteiger partial charge is 0.444 e. The summed E-state index contributed by atoms with van der Waals surface area (Å²) in [6, 6.07) is -0.0417. The van der Waals surface area contributed by atoms with E-state index in [1.165, 1.54) is 4.90 Å². The molecule has 3 heterocycles. The summed E-state index contributed by atoms with van der Waals surface area (Å²) in [7, 11) is -3.25. The van der Waals surface area contributed by atoms with Gasteiger partial charge in [0.05, 0.1) is 18.6 Å². The average molecular weight is 603 g/mol. The maximum absolute atomic E-state index is 13.0. The number of amides is 4. The fourth-order valence-electron chi connectivity index (χ4n) is 5.07. The van der Waals surface area contributed by atoms with E-state index in [0.29, 0.717) is 17.9 Å². The number of alkyl carbamates (subject to hydrolysis) is 2. The molecule has 4 rings (SSSR count). The van der Waals surface area contributed by atoms with Gasteiger partial charge in [0.1, 0.15) is 16.9 Å². The quantitative estimate of drug-likeness (QED) is 0.291. The van der Waals surface area contributed by atoms with E-state index < -0.39 is 58.2 Å². The Balaban J connectivity index is 1.48. The molecule has 2 bridgehead atoms. The van der Waals surface area contributed by atoms with Gasteiger partial charge in [0.2, 0.25) is 0 Å². The Morgan fingerprint density at radius 1 is 1.17 bits per heavy atom. The number of nitrogens with zero attached hydrogens (tertiary/aromatic N) is 4. The molecule has 3 aliphatic rings. The molecule has 41 heavy (non-hydrogen) atoms. The third kappa shape index (κ3) is 7.58. The molecular formula is C24H38N6O10S. The molecule has 0 aromatic carbocycles. The van der Waals surface area contributed by atoms with E-state index in [1.807, 2.05) is 0 Å². The third-order valence-corrected chi connectivity index (χ3v) is 7.26. The van der Waals surface area contributed by atoms with E-state index in [0.717, 1.165) is 17.9 Å². The SMILES string of the molecule is CN(Cc1cc([C@@H]2CC3(CC3)[C@@H]3CN2C(=O)N3OS(=O)(=O)O)no1)C(NC(=O)OC(C)(C)C)NC(=O)OC(C)(C)C. The number of urea groups is 1. The highest BCUT2D eigenvalue weighted by molar-refractivity contribution is 7.80. The molecule has 16 nitrogen and oxygen atoms in total.